The quantitative estimate of drug-likeness (QED) is 0.354. The van der Waals surface area contributed by atoms with Crippen LogP contribution in [0, 0.1) is 0 Å². The van der Waals surface area contributed by atoms with Crippen LogP contribution in [0.1, 0.15) is 49.4 Å². The second-order valence-corrected chi connectivity index (χ2v) is 10.0. The number of aliphatic carboxylic acids is 1. The number of aromatic nitrogens is 2. The number of rotatable bonds is 6. The molecule has 0 amide bonds. The molecule has 1 heterocycles. The summed E-state index contributed by atoms with van der Waals surface area (Å²) in [4.78, 5) is 29.0. The van der Waals surface area contributed by atoms with Crippen molar-refractivity contribution < 1.29 is 14.6 Å². The summed E-state index contributed by atoms with van der Waals surface area (Å²) in [7, 11) is 0. The minimum atomic E-state index is -1.10. The molecule has 3 aromatic rings. The van der Waals surface area contributed by atoms with Crippen molar-refractivity contribution >= 4 is 66.5 Å². The van der Waals surface area contributed by atoms with Crippen LogP contribution in [-0.2, 0) is 4.79 Å². The maximum atomic E-state index is 13.4. The van der Waals surface area contributed by atoms with E-state index in [0.717, 1.165) is 30.2 Å². The highest BCUT2D eigenvalue weighted by Crippen LogP contribution is 2.35. The predicted molar refractivity (Wildman–Crippen MR) is 135 cm³/mol. The van der Waals surface area contributed by atoms with Gasteiger partial charge in [-0.1, -0.05) is 46.8 Å². The van der Waals surface area contributed by atoms with Gasteiger partial charge >= 0.3 is 5.97 Å². The van der Waals surface area contributed by atoms with Crippen molar-refractivity contribution in [3.63, 3.8) is 0 Å². The number of hydrogen-bond acceptors (Lipinski definition) is 5. The van der Waals surface area contributed by atoms with Crippen LogP contribution >= 0.6 is 43.5 Å². The van der Waals surface area contributed by atoms with Gasteiger partial charge in [-0.05, 0) is 64.7 Å². The summed E-state index contributed by atoms with van der Waals surface area (Å²) >= 11 is 13.1. The van der Waals surface area contributed by atoms with E-state index in [-0.39, 0.29) is 22.2 Å². The monoisotopic (exact) mass is 595 g/mol. The molecule has 1 N–H and O–H groups in total. The number of benzene rings is 2. The van der Waals surface area contributed by atoms with Crippen LogP contribution in [0.15, 0.2) is 49.2 Å². The van der Waals surface area contributed by atoms with E-state index in [1.54, 1.807) is 18.2 Å². The van der Waals surface area contributed by atoms with Crippen molar-refractivity contribution in [2.75, 3.05) is 6.61 Å². The number of ether oxygens (including phenoxy) is 1. The Morgan fingerprint density at radius 2 is 2.00 bits per heavy atom. The molecule has 33 heavy (non-hydrogen) atoms. The van der Waals surface area contributed by atoms with Crippen molar-refractivity contribution in [3.8, 4) is 5.75 Å². The predicted octanol–water partition coefficient (Wildman–Crippen LogP) is 5.97. The van der Waals surface area contributed by atoms with Crippen molar-refractivity contribution in [2.24, 2.45) is 5.10 Å². The molecule has 1 aliphatic carbocycles. The van der Waals surface area contributed by atoms with E-state index >= 15 is 0 Å². The van der Waals surface area contributed by atoms with Gasteiger partial charge in [0.1, 0.15) is 5.82 Å². The zero-order valence-electron chi connectivity index (χ0n) is 17.4. The zero-order valence-corrected chi connectivity index (χ0v) is 21.4. The molecule has 0 radical (unpaired) electrons. The van der Waals surface area contributed by atoms with Gasteiger partial charge in [0, 0.05) is 10.4 Å². The van der Waals surface area contributed by atoms with Crippen LogP contribution in [-0.4, -0.2) is 33.6 Å². The molecule has 0 saturated heterocycles. The topological polar surface area (TPSA) is 93.8 Å². The average Bonchev–Trinajstić information content (AvgIpc) is 2.78. The standard InChI is InChI=1S/C23H20Br2ClN3O4/c24-15-6-7-19-16(10-15)23(32)29(22(28-19)14-4-2-1-3-5-14)27-11-13-8-17(25)21(18(26)9-13)33-12-20(30)31/h6-11,14H,1-5,12H2,(H,30,31). The fraction of sp³-hybridized carbons (Fsp3) is 0.304. The minimum Gasteiger partial charge on any atom is -0.479 e. The lowest BCUT2D eigenvalue weighted by Crippen LogP contribution is -2.25. The first-order valence-electron chi connectivity index (χ1n) is 10.4. The maximum Gasteiger partial charge on any atom is 0.341 e. The highest BCUT2D eigenvalue weighted by molar-refractivity contribution is 9.10. The molecule has 0 bridgehead atoms. The molecule has 4 rings (SSSR count). The van der Waals surface area contributed by atoms with Gasteiger partial charge in [-0.25, -0.2) is 9.78 Å². The Hall–Kier alpha value is -2.23. The summed E-state index contributed by atoms with van der Waals surface area (Å²) in [5.41, 5.74) is 1.04. The highest BCUT2D eigenvalue weighted by atomic mass is 79.9. The van der Waals surface area contributed by atoms with Gasteiger partial charge in [-0.3, -0.25) is 4.79 Å². The molecular weight excluding hydrogens is 578 g/mol. The van der Waals surface area contributed by atoms with Crippen LogP contribution in [0.2, 0.25) is 5.02 Å². The Kier molecular flexibility index (Phi) is 7.51. The summed E-state index contributed by atoms with van der Waals surface area (Å²) in [6.07, 6.45) is 6.87. The number of carboxylic acid groups (broad SMARTS) is 1. The van der Waals surface area contributed by atoms with E-state index < -0.39 is 12.6 Å². The summed E-state index contributed by atoms with van der Waals surface area (Å²) < 4.78 is 7.90. The van der Waals surface area contributed by atoms with Crippen LogP contribution in [0.25, 0.3) is 10.9 Å². The summed E-state index contributed by atoms with van der Waals surface area (Å²) in [6.45, 7) is -0.510. The summed E-state index contributed by atoms with van der Waals surface area (Å²) in [5.74, 6) is -0.0433. The SMILES string of the molecule is O=C(O)COc1c(Cl)cc(C=Nn2c(C3CCCCC3)nc3ccc(Br)cc3c2=O)cc1Br. The van der Waals surface area contributed by atoms with E-state index in [0.29, 0.717) is 26.8 Å². The Labute approximate surface area is 211 Å². The lowest BCUT2D eigenvalue weighted by Gasteiger charge is -2.22. The smallest absolute Gasteiger partial charge is 0.341 e. The molecule has 2 aromatic carbocycles. The van der Waals surface area contributed by atoms with E-state index in [9.17, 15) is 9.59 Å². The van der Waals surface area contributed by atoms with Gasteiger partial charge < -0.3 is 9.84 Å². The van der Waals surface area contributed by atoms with Crippen LogP contribution in [0.3, 0.4) is 0 Å². The lowest BCUT2D eigenvalue weighted by molar-refractivity contribution is -0.139. The second kappa shape index (κ2) is 10.4. The molecule has 1 aliphatic rings. The molecule has 0 spiro atoms. The molecule has 1 aromatic heterocycles. The number of halogens is 3. The Morgan fingerprint density at radius 1 is 1.24 bits per heavy atom. The molecule has 1 saturated carbocycles. The van der Waals surface area contributed by atoms with Crippen molar-refractivity contribution in [1.29, 1.82) is 0 Å². The third-order valence-corrected chi connectivity index (χ3v) is 6.85. The minimum absolute atomic E-state index is 0.166. The second-order valence-electron chi connectivity index (χ2n) is 7.82. The van der Waals surface area contributed by atoms with Gasteiger partial charge in [0.15, 0.2) is 12.4 Å². The van der Waals surface area contributed by atoms with Crippen molar-refractivity contribution in [1.82, 2.24) is 9.66 Å². The largest absolute Gasteiger partial charge is 0.479 e. The number of fused-ring (bicyclic) bond motifs is 1. The number of carboxylic acids is 1. The third kappa shape index (κ3) is 5.47. The lowest BCUT2D eigenvalue weighted by atomic mass is 9.88. The van der Waals surface area contributed by atoms with Gasteiger partial charge in [0.25, 0.3) is 5.56 Å². The first kappa shape index (κ1) is 23.9. The van der Waals surface area contributed by atoms with Crippen LogP contribution < -0.4 is 10.3 Å². The Balaban J connectivity index is 1.76. The van der Waals surface area contributed by atoms with Crippen molar-refractivity contribution in [3.05, 3.63) is 66.0 Å². The van der Waals surface area contributed by atoms with Crippen LogP contribution in [0.4, 0.5) is 0 Å². The van der Waals surface area contributed by atoms with Gasteiger partial charge in [0.2, 0.25) is 0 Å². The highest BCUT2D eigenvalue weighted by Gasteiger charge is 2.22. The molecule has 1 fully saturated rings. The molecular formula is C23H20Br2ClN3O4. The molecule has 7 nitrogen and oxygen atoms in total. The Bertz CT molecular complexity index is 1280. The number of carbonyl (C=O) groups is 1. The first-order valence-corrected chi connectivity index (χ1v) is 12.4. The summed E-state index contributed by atoms with van der Waals surface area (Å²) in [6, 6.07) is 8.77. The van der Waals surface area contributed by atoms with E-state index in [1.165, 1.54) is 17.3 Å². The zero-order chi connectivity index (χ0) is 23.5. The van der Waals surface area contributed by atoms with Crippen LogP contribution in [0.5, 0.6) is 5.75 Å². The summed E-state index contributed by atoms with van der Waals surface area (Å²) in [5, 5.41) is 14.0. The average molecular weight is 598 g/mol. The van der Waals surface area contributed by atoms with E-state index in [1.807, 2.05) is 12.1 Å². The van der Waals surface area contributed by atoms with Gasteiger partial charge in [-0.2, -0.15) is 9.78 Å². The number of nitrogens with zero attached hydrogens (tertiary/aromatic N) is 3. The Morgan fingerprint density at radius 3 is 2.70 bits per heavy atom. The number of hydrogen-bond donors (Lipinski definition) is 1. The fourth-order valence-corrected chi connectivity index (χ4v) is 5.30. The van der Waals surface area contributed by atoms with Gasteiger partial charge in [-0.15, -0.1) is 0 Å². The molecule has 172 valence electrons. The molecule has 0 unspecified atom stereocenters. The normalized spacial score (nSPS) is 14.8. The van der Waals surface area contributed by atoms with Gasteiger partial charge in [0.05, 0.1) is 26.6 Å². The molecule has 10 heteroatoms. The maximum absolute atomic E-state index is 13.4. The molecule has 0 aliphatic heterocycles. The molecule has 0 atom stereocenters. The van der Waals surface area contributed by atoms with Crippen molar-refractivity contribution in [2.45, 2.75) is 38.0 Å². The first-order chi connectivity index (χ1) is 15.8. The van der Waals surface area contributed by atoms with E-state index in [4.69, 9.17) is 26.4 Å². The third-order valence-electron chi connectivity index (χ3n) is 5.49. The van der Waals surface area contributed by atoms with E-state index in [2.05, 4.69) is 37.0 Å². The fourth-order valence-electron chi connectivity index (χ4n) is 3.95.